The highest BCUT2D eigenvalue weighted by molar-refractivity contribution is 5.85. The van der Waals surface area contributed by atoms with Crippen LogP contribution in [0.3, 0.4) is 0 Å². The molecule has 102 valence electrons. The second-order valence-electron chi connectivity index (χ2n) is 4.79. The highest BCUT2D eigenvalue weighted by Crippen LogP contribution is 2.22. The quantitative estimate of drug-likeness (QED) is 0.917. The molecule has 3 nitrogen and oxygen atoms in total. The Morgan fingerprint density at radius 2 is 2.21 bits per heavy atom. The van der Waals surface area contributed by atoms with Crippen LogP contribution in [0.25, 0.3) is 10.9 Å². The van der Waals surface area contributed by atoms with E-state index in [2.05, 4.69) is 22.2 Å². The Bertz CT molecular complexity index is 570. The first-order valence-electron chi connectivity index (χ1n) is 6.23. The van der Waals surface area contributed by atoms with E-state index in [1.165, 1.54) is 12.1 Å². The zero-order valence-corrected chi connectivity index (χ0v) is 11.6. The molecule has 0 amide bonds. The van der Waals surface area contributed by atoms with Gasteiger partial charge in [0.15, 0.2) is 0 Å². The molecule has 5 heteroatoms. The van der Waals surface area contributed by atoms with Gasteiger partial charge in [-0.25, -0.2) is 4.39 Å². The molecule has 0 unspecified atom stereocenters. The summed E-state index contributed by atoms with van der Waals surface area (Å²) in [7, 11) is 2.07. The second-order valence-corrected chi connectivity index (χ2v) is 4.79. The van der Waals surface area contributed by atoms with Gasteiger partial charge in [0.05, 0.1) is 17.4 Å². The van der Waals surface area contributed by atoms with Crippen molar-refractivity contribution in [2.24, 2.45) is 0 Å². The Hall–Kier alpha value is -1.39. The zero-order valence-electron chi connectivity index (χ0n) is 10.8. The van der Waals surface area contributed by atoms with Gasteiger partial charge in [-0.1, -0.05) is 0 Å². The van der Waals surface area contributed by atoms with E-state index >= 15 is 0 Å². The zero-order chi connectivity index (χ0) is 12.5. The van der Waals surface area contributed by atoms with Gasteiger partial charge in [-0.15, -0.1) is 12.4 Å². The molecule has 0 bridgehead atoms. The van der Waals surface area contributed by atoms with Gasteiger partial charge in [0.2, 0.25) is 0 Å². The summed E-state index contributed by atoms with van der Waals surface area (Å²) in [6, 6.07) is 7.19. The molecule has 1 aliphatic rings. The first kappa shape index (κ1) is 14.0. The number of pyridine rings is 1. The van der Waals surface area contributed by atoms with Gasteiger partial charge in [-0.2, -0.15) is 0 Å². The summed E-state index contributed by atoms with van der Waals surface area (Å²) in [5.74, 6) is -0.216. The van der Waals surface area contributed by atoms with E-state index < -0.39 is 0 Å². The van der Waals surface area contributed by atoms with Crippen LogP contribution in [0.4, 0.5) is 10.1 Å². The van der Waals surface area contributed by atoms with E-state index in [0.29, 0.717) is 6.04 Å². The Balaban J connectivity index is 0.00000133. The lowest BCUT2D eigenvalue weighted by atomic mass is 10.1. The van der Waals surface area contributed by atoms with Gasteiger partial charge >= 0.3 is 0 Å². The lowest BCUT2D eigenvalue weighted by Gasteiger charge is -2.25. The van der Waals surface area contributed by atoms with Crippen molar-refractivity contribution in [3.63, 3.8) is 0 Å². The molecule has 1 aliphatic heterocycles. The maximum Gasteiger partial charge on any atom is 0.123 e. The Labute approximate surface area is 118 Å². The number of aromatic nitrogens is 1. The highest BCUT2D eigenvalue weighted by atomic mass is 35.5. The maximum absolute atomic E-state index is 13.2. The number of anilines is 1. The molecule has 0 saturated carbocycles. The standard InChI is InChI=1S/C14H16FN3.ClH/c1-18(12-4-5-16-8-12)13-7-10-6-11(15)2-3-14(10)17-9-13;/h2-3,6-7,9,12,16H,4-5,8H2,1H3;1H/t12-;/m0./s1. The number of benzene rings is 1. The molecule has 1 aromatic heterocycles. The third-order valence-corrected chi connectivity index (χ3v) is 3.62. The molecule has 1 fully saturated rings. The van der Waals surface area contributed by atoms with Crippen molar-refractivity contribution in [1.29, 1.82) is 0 Å². The summed E-state index contributed by atoms with van der Waals surface area (Å²) >= 11 is 0. The van der Waals surface area contributed by atoms with Gasteiger partial charge in [0.1, 0.15) is 5.82 Å². The van der Waals surface area contributed by atoms with E-state index in [1.54, 1.807) is 6.07 Å². The van der Waals surface area contributed by atoms with Crippen LogP contribution in [-0.2, 0) is 0 Å². The predicted octanol–water partition coefficient (Wildman–Crippen LogP) is 2.59. The van der Waals surface area contributed by atoms with Gasteiger partial charge in [0, 0.05) is 25.0 Å². The van der Waals surface area contributed by atoms with Crippen molar-refractivity contribution in [3.8, 4) is 0 Å². The van der Waals surface area contributed by atoms with E-state index in [1.807, 2.05) is 12.3 Å². The van der Waals surface area contributed by atoms with Crippen LogP contribution in [0, 0.1) is 5.82 Å². The SMILES string of the molecule is CN(c1cnc2ccc(F)cc2c1)[C@H]1CCNC1.Cl. The van der Waals surface area contributed by atoms with Crippen molar-refractivity contribution in [1.82, 2.24) is 10.3 Å². The fourth-order valence-electron chi connectivity index (χ4n) is 2.46. The number of halogens is 2. The number of hydrogen-bond donors (Lipinski definition) is 1. The lowest BCUT2D eigenvalue weighted by molar-refractivity contribution is 0.629. The highest BCUT2D eigenvalue weighted by Gasteiger charge is 2.19. The second kappa shape index (κ2) is 5.72. The molecule has 3 rings (SSSR count). The van der Waals surface area contributed by atoms with Crippen molar-refractivity contribution < 1.29 is 4.39 Å². The van der Waals surface area contributed by atoms with E-state index in [-0.39, 0.29) is 18.2 Å². The van der Waals surface area contributed by atoms with Crippen molar-refractivity contribution in [2.45, 2.75) is 12.5 Å². The Morgan fingerprint density at radius 3 is 2.95 bits per heavy atom. The molecular weight excluding hydrogens is 265 g/mol. The van der Waals surface area contributed by atoms with E-state index in [0.717, 1.165) is 36.1 Å². The van der Waals surface area contributed by atoms with Gasteiger partial charge in [0.25, 0.3) is 0 Å². The Kier molecular flexibility index (Phi) is 4.22. The molecule has 2 aromatic rings. The van der Waals surface area contributed by atoms with Crippen LogP contribution in [0.2, 0.25) is 0 Å². The molecule has 1 N–H and O–H groups in total. The number of rotatable bonds is 2. The molecule has 0 aliphatic carbocycles. The van der Waals surface area contributed by atoms with Crippen molar-refractivity contribution in [2.75, 3.05) is 25.0 Å². The molecule has 2 heterocycles. The normalized spacial score (nSPS) is 18.3. The lowest BCUT2D eigenvalue weighted by Crippen LogP contribution is -2.33. The topological polar surface area (TPSA) is 28.2 Å². The predicted molar refractivity (Wildman–Crippen MR) is 78.6 cm³/mol. The molecular formula is C14H17ClFN3. The smallest absolute Gasteiger partial charge is 0.123 e. The summed E-state index contributed by atoms with van der Waals surface area (Å²) in [5, 5.41) is 4.20. The number of hydrogen-bond acceptors (Lipinski definition) is 3. The third-order valence-electron chi connectivity index (χ3n) is 3.62. The minimum atomic E-state index is -0.216. The minimum absolute atomic E-state index is 0. The molecule has 1 aromatic carbocycles. The van der Waals surface area contributed by atoms with E-state index in [4.69, 9.17) is 0 Å². The molecule has 19 heavy (non-hydrogen) atoms. The first-order valence-corrected chi connectivity index (χ1v) is 6.23. The van der Waals surface area contributed by atoms with Crippen molar-refractivity contribution in [3.05, 3.63) is 36.3 Å². The van der Waals surface area contributed by atoms with Crippen LogP contribution >= 0.6 is 12.4 Å². The van der Waals surface area contributed by atoms with Gasteiger partial charge in [-0.3, -0.25) is 4.98 Å². The number of nitrogens with one attached hydrogen (secondary N) is 1. The monoisotopic (exact) mass is 281 g/mol. The summed E-state index contributed by atoms with van der Waals surface area (Å²) in [6.07, 6.45) is 3.00. The van der Waals surface area contributed by atoms with Gasteiger partial charge < -0.3 is 10.2 Å². The molecule has 1 saturated heterocycles. The van der Waals surface area contributed by atoms with E-state index in [9.17, 15) is 4.39 Å². The van der Waals surface area contributed by atoms with Crippen molar-refractivity contribution >= 4 is 29.0 Å². The summed E-state index contributed by atoms with van der Waals surface area (Å²) in [5.41, 5.74) is 1.87. The van der Waals surface area contributed by atoms with Gasteiger partial charge in [-0.05, 0) is 37.2 Å². The molecule has 0 spiro atoms. The third kappa shape index (κ3) is 2.80. The average Bonchev–Trinajstić information content (AvgIpc) is 2.90. The average molecular weight is 282 g/mol. The first-order chi connectivity index (χ1) is 8.74. The maximum atomic E-state index is 13.2. The molecule has 0 radical (unpaired) electrons. The van der Waals surface area contributed by atoms with Crippen LogP contribution in [0.5, 0.6) is 0 Å². The van der Waals surface area contributed by atoms with Crippen LogP contribution in [-0.4, -0.2) is 31.2 Å². The van der Waals surface area contributed by atoms with Crippen LogP contribution < -0.4 is 10.2 Å². The fraction of sp³-hybridized carbons (Fsp3) is 0.357. The summed E-state index contributed by atoms with van der Waals surface area (Å²) < 4.78 is 13.2. The largest absolute Gasteiger partial charge is 0.369 e. The summed E-state index contributed by atoms with van der Waals surface area (Å²) in [4.78, 5) is 6.61. The Morgan fingerprint density at radius 1 is 1.37 bits per heavy atom. The van der Waals surface area contributed by atoms with Crippen LogP contribution in [0.15, 0.2) is 30.5 Å². The molecule has 1 atom stereocenters. The minimum Gasteiger partial charge on any atom is -0.369 e. The fourth-order valence-corrected chi connectivity index (χ4v) is 2.46. The van der Waals surface area contributed by atoms with Crippen LogP contribution in [0.1, 0.15) is 6.42 Å². The summed E-state index contributed by atoms with van der Waals surface area (Å²) in [6.45, 7) is 2.06. The number of nitrogens with zero attached hydrogens (tertiary/aromatic N) is 2. The number of fused-ring (bicyclic) bond motifs is 1. The number of likely N-dealkylation sites (N-methyl/N-ethyl adjacent to an activating group) is 1.